The molecule has 11 heteroatoms. The fourth-order valence-electron chi connectivity index (χ4n) is 4.90. The van der Waals surface area contributed by atoms with E-state index < -0.39 is 4.92 Å². The standard InChI is InChI=1S/C23H16Br2ClN3O5/c24-15-4-3-13(17(25)7-15)10-34-21-14(6-16(26)8-18(21)29(32)33)9-27-28-22(30)19-11-1-2-12(5-11)20(19)23(28)31/h1-4,6-9,11-12,19-20H,5,10H2/t11-,12-,19-,20+/m0/s1. The van der Waals surface area contributed by atoms with E-state index in [-0.39, 0.29) is 64.1 Å². The van der Waals surface area contributed by atoms with Gasteiger partial charge in [-0.3, -0.25) is 19.7 Å². The molecule has 8 nitrogen and oxygen atoms in total. The van der Waals surface area contributed by atoms with Crippen LogP contribution in [0.15, 0.2) is 56.5 Å². The van der Waals surface area contributed by atoms with Crippen molar-refractivity contribution in [2.75, 3.05) is 0 Å². The average Bonchev–Trinajstić information content (AvgIpc) is 3.46. The monoisotopic (exact) mass is 607 g/mol. The zero-order chi connectivity index (χ0) is 24.1. The third kappa shape index (κ3) is 3.97. The molecule has 2 aromatic carbocycles. The van der Waals surface area contributed by atoms with Crippen LogP contribution in [0, 0.1) is 33.8 Å². The summed E-state index contributed by atoms with van der Waals surface area (Å²) in [7, 11) is 0. The second-order valence-electron chi connectivity index (χ2n) is 8.36. The zero-order valence-electron chi connectivity index (χ0n) is 17.4. The molecular weight excluding hydrogens is 594 g/mol. The van der Waals surface area contributed by atoms with E-state index in [9.17, 15) is 19.7 Å². The number of rotatable bonds is 6. The van der Waals surface area contributed by atoms with Crippen molar-refractivity contribution in [3.8, 4) is 5.75 Å². The predicted octanol–water partition coefficient (Wildman–Crippen LogP) is 5.49. The van der Waals surface area contributed by atoms with Crippen molar-refractivity contribution in [1.29, 1.82) is 0 Å². The molecule has 3 aliphatic rings. The number of amides is 2. The maximum atomic E-state index is 12.9. The summed E-state index contributed by atoms with van der Waals surface area (Å²) in [6.07, 6.45) is 6.03. The number of halogens is 3. The summed E-state index contributed by atoms with van der Waals surface area (Å²) in [4.78, 5) is 36.9. The molecule has 0 unspecified atom stereocenters. The summed E-state index contributed by atoms with van der Waals surface area (Å²) < 4.78 is 7.47. The Labute approximate surface area is 216 Å². The SMILES string of the molecule is O=C1[C@@H]2[C@H](C(=O)N1N=Cc1cc(Cl)cc([N+](=O)[O-])c1OCc1ccc(Br)cc1Br)[C@H]1C=C[C@H]2C1. The highest BCUT2D eigenvalue weighted by Gasteiger charge is 2.59. The Kier molecular flexibility index (Phi) is 6.07. The highest BCUT2D eigenvalue weighted by molar-refractivity contribution is 9.11. The quantitative estimate of drug-likeness (QED) is 0.142. The normalized spacial score (nSPS) is 25.0. The number of nitro groups is 1. The Morgan fingerprint density at radius 2 is 1.82 bits per heavy atom. The smallest absolute Gasteiger partial charge is 0.313 e. The van der Waals surface area contributed by atoms with Crippen molar-refractivity contribution < 1.29 is 19.2 Å². The lowest BCUT2D eigenvalue weighted by Crippen LogP contribution is -2.28. The van der Waals surface area contributed by atoms with Crippen LogP contribution in [-0.4, -0.2) is 28.0 Å². The van der Waals surface area contributed by atoms with E-state index in [1.54, 1.807) is 0 Å². The maximum Gasteiger partial charge on any atom is 0.313 e. The van der Waals surface area contributed by atoms with Gasteiger partial charge in [0.25, 0.3) is 11.8 Å². The maximum absolute atomic E-state index is 12.9. The van der Waals surface area contributed by atoms with Gasteiger partial charge < -0.3 is 4.74 Å². The van der Waals surface area contributed by atoms with E-state index in [2.05, 4.69) is 37.0 Å². The number of hydrogen-bond acceptors (Lipinski definition) is 6. The van der Waals surface area contributed by atoms with Crippen LogP contribution < -0.4 is 4.74 Å². The summed E-state index contributed by atoms with van der Waals surface area (Å²) in [5, 5.41) is 16.8. The van der Waals surface area contributed by atoms with Gasteiger partial charge in [0.1, 0.15) is 6.61 Å². The minimum Gasteiger partial charge on any atom is -0.481 e. The molecule has 0 aromatic heterocycles. The molecule has 1 aliphatic heterocycles. The molecule has 2 bridgehead atoms. The number of carbonyl (C=O) groups excluding carboxylic acids is 2. The van der Waals surface area contributed by atoms with Gasteiger partial charge in [-0.2, -0.15) is 10.1 Å². The van der Waals surface area contributed by atoms with Crippen molar-refractivity contribution in [3.05, 3.63) is 77.7 Å². The van der Waals surface area contributed by atoms with Crippen molar-refractivity contribution in [3.63, 3.8) is 0 Å². The predicted molar refractivity (Wildman–Crippen MR) is 131 cm³/mol. The van der Waals surface area contributed by atoms with Gasteiger partial charge in [0.2, 0.25) is 5.75 Å². The number of nitro benzene ring substituents is 1. The number of ether oxygens (including phenoxy) is 1. The Hall–Kier alpha value is -2.56. The van der Waals surface area contributed by atoms with E-state index in [4.69, 9.17) is 16.3 Å². The number of fused-ring (bicyclic) bond motifs is 5. The van der Waals surface area contributed by atoms with E-state index in [0.29, 0.717) is 0 Å². The first-order chi connectivity index (χ1) is 16.2. The van der Waals surface area contributed by atoms with Crippen LogP contribution in [0.1, 0.15) is 17.5 Å². The van der Waals surface area contributed by atoms with Crippen molar-refractivity contribution in [2.24, 2.45) is 28.8 Å². The van der Waals surface area contributed by atoms with Crippen LogP contribution in [0.3, 0.4) is 0 Å². The number of allylic oxidation sites excluding steroid dienone is 2. The molecule has 0 N–H and O–H groups in total. The molecule has 4 atom stereocenters. The second kappa shape index (κ2) is 8.90. The fourth-order valence-corrected chi connectivity index (χ4v) is 6.28. The third-order valence-corrected chi connectivity index (χ3v) is 7.86. The van der Waals surface area contributed by atoms with Gasteiger partial charge in [-0.15, -0.1) is 0 Å². The van der Waals surface area contributed by atoms with Crippen molar-refractivity contribution >= 4 is 67.2 Å². The van der Waals surface area contributed by atoms with Gasteiger partial charge in [0, 0.05) is 31.2 Å². The van der Waals surface area contributed by atoms with Crippen LogP contribution in [0.4, 0.5) is 5.69 Å². The highest BCUT2D eigenvalue weighted by Crippen LogP contribution is 2.52. The van der Waals surface area contributed by atoms with Crippen LogP contribution >= 0.6 is 43.5 Å². The number of imide groups is 1. The van der Waals surface area contributed by atoms with Gasteiger partial charge in [-0.05, 0) is 36.5 Å². The van der Waals surface area contributed by atoms with Crippen LogP contribution in [-0.2, 0) is 16.2 Å². The summed E-state index contributed by atoms with van der Waals surface area (Å²) >= 11 is 12.9. The summed E-state index contributed by atoms with van der Waals surface area (Å²) in [5.41, 5.74) is 0.600. The molecule has 5 rings (SSSR count). The first kappa shape index (κ1) is 23.2. The lowest BCUT2D eigenvalue weighted by atomic mass is 9.85. The summed E-state index contributed by atoms with van der Waals surface area (Å²) in [6, 6.07) is 8.10. The van der Waals surface area contributed by atoms with Gasteiger partial charge in [0.05, 0.1) is 23.0 Å². The number of carbonyl (C=O) groups is 2. The molecule has 2 aliphatic carbocycles. The van der Waals surface area contributed by atoms with Gasteiger partial charge in [-0.25, -0.2) is 0 Å². The van der Waals surface area contributed by atoms with E-state index in [1.165, 1.54) is 18.3 Å². The number of hydrogen-bond donors (Lipinski definition) is 0. The zero-order valence-corrected chi connectivity index (χ0v) is 21.3. The fraction of sp³-hybridized carbons (Fsp3) is 0.261. The molecule has 2 fully saturated rings. The highest BCUT2D eigenvalue weighted by atomic mass is 79.9. The topological polar surface area (TPSA) is 102 Å². The van der Waals surface area contributed by atoms with Gasteiger partial charge in [0.15, 0.2) is 0 Å². The minimum absolute atomic E-state index is 0.0257. The van der Waals surface area contributed by atoms with E-state index in [0.717, 1.165) is 25.9 Å². The lowest BCUT2D eigenvalue weighted by molar-refractivity contribution is -0.385. The Morgan fingerprint density at radius 3 is 2.44 bits per heavy atom. The lowest BCUT2D eigenvalue weighted by Gasteiger charge is -2.13. The molecule has 1 saturated carbocycles. The third-order valence-electron chi connectivity index (χ3n) is 6.41. The second-order valence-corrected chi connectivity index (χ2v) is 10.6. The van der Waals surface area contributed by atoms with E-state index >= 15 is 0 Å². The first-order valence-electron chi connectivity index (χ1n) is 10.4. The first-order valence-corrected chi connectivity index (χ1v) is 12.4. The van der Waals surface area contributed by atoms with Crippen LogP contribution in [0.25, 0.3) is 0 Å². The van der Waals surface area contributed by atoms with Crippen molar-refractivity contribution in [1.82, 2.24) is 5.01 Å². The Morgan fingerprint density at radius 1 is 1.15 bits per heavy atom. The van der Waals surface area contributed by atoms with Crippen LogP contribution in [0.5, 0.6) is 5.75 Å². The molecule has 2 aromatic rings. The minimum atomic E-state index is -0.602. The van der Waals surface area contributed by atoms with E-state index in [1.807, 2.05) is 30.4 Å². The largest absolute Gasteiger partial charge is 0.481 e. The molecule has 0 radical (unpaired) electrons. The number of hydrazone groups is 1. The molecule has 2 amide bonds. The molecule has 1 heterocycles. The summed E-state index contributed by atoms with van der Waals surface area (Å²) in [6.45, 7) is 0.0257. The molecule has 34 heavy (non-hydrogen) atoms. The van der Waals surface area contributed by atoms with Crippen LogP contribution in [0.2, 0.25) is 5.02 Å². The number of benzene rings is 2. The van der Waals surface area contributed by atoms with Gasteiger partial charge in [-0.1, -0.05) is 61.7 Å². The molecular formula is C23H16Br2ClN3O5. The van der Waals surface area contributed by atoms with Crippen molar-refractivity contribution in [2.45, 2.75) is 13.0 Å². The molecule has 174 valence electrons. The molecule has 1 saturated heterocycles. The number of nitrogens with zero attached hydrogens (tertiary/aromatic N) is 3. The molecule has 0 spiro atoms. The Bertz CT molecular complexity index is 1270. The van der Waals surface area contributed by atoms with Gasteiger partial charge >= 0.3 is 5.69 Å². The average molecular weight is 610 g/mol. The Balaban J connectivity index is 1.45. The summed E-state index contributed by atoms with van der Waals surface area (Å²) in [5.74, 6) is -1.42.